The van der Waals surface area contributed by atoms with Gasteiger partial charge in [-0.3, -0.25) is 0 Å². The molecule has 1 aliphatic heterocycles. The molecule has 0 spiro atoms. The molecule has 0 saturated heterocycles. The average molecular weight is 460 g/mol. The topological polar surface area (TPSA) is 98.9 Å². The third-order valence-corrected chi connectivity index (χ3v) is 5.88. The maximum atomic E-state index is 10.7. The number of phenols is 2. The Kier molecular flexibility index (Phi) is 5.71. The van der Waals surface area contributed by atoms with Crippen LogP contribution in [0, 0.1) is 0 Å². The van der Waals surface area contributed by atoms with Crippen molar-refractivity contribution in [3.05, 3.63) is 65.7 Å². The summed E-state index contributed by atoms with van der Waals surface area (Å²) in [5.41, 5.74) is 4.28. The number of aromatic hydroxyl groups is 2. The molecule has 0 unspecified atom stereocenters. The average Bonchev–Trinajstić information content (AvgIpc) is 3.27. The van der Waals surface area contributed by atoms with Crippen LogP contribution >= 0.6 is 0 Å². The van der Waals surface area contributed by atoms with E-state index in [1.807, 2.05) is 49.4 Å². The third-order valence-electron chi connectivity index (χ3n) is 5.88. The molecule has 2 N–H and O–H groups in total. The Labute approximate surface area is 197 Å². The van der Waals surface area contributed by atoms with Crippen molar-refractivity contribution in [1.82, 2.24) is 15.0 Å². The molecule has 34 heavy (non-hydrogen) atoms. The number of benzene rings is 3. The van der Waals surface area contributed by atoms with E-state index in [0.717, 1.165) is 22.6 Å². The maximum Gasteiger partial charge on any atom is 0.162 e. The lowest BCUT2D eigenvalue weighted by Crippen LogP contribution is -2.15. The van der Waals surface area contributed by atoms with Crippen LogP contribution in [-0.2, 0) is 13.0 Å². The molecule has 3 aromatic carbocycles. The number of hydrogen-bond donors (Lipinski definition) is 2. The number of fused-ring (bicyclic) bond motifs is 1. The number of hydrogen-bond acceptors (Lipinski definition) is 7. The lowest BCUT2D eigenvalue weighted by atomic mass is 9.99. The van der Waals surface area contributed by atoms with E-state index < -0.39 is 0 Å². The van der Waals surface area contributed by atoms with Gasteiger partial charge in [0.05, 0.1) is 19.3 Å². The second kappa shape index (κ2) is 8.97. The highest BCUT2D eigenvalue weighted by molar-refractivity contribution is 5.83. The van der Waals surface area contributed by atoms with Gasteiger partial charge in [-0.15, -0.1) is 5.10 Å². The number of aromatic nitrogens is 3. The van der Waals surface area contributed by atoms with Gasteiger partial charge in [-0.05, 0) is 53.9 Å². The van der Waals surface area contributed by atoms with Crippen LogP contribution in [0.1, 0.15) is 18.1 Å². The number of phenolic OH excluding ortho intramolecular Hbond substituents is 2. The van der Waals surface area contributed by atoms with E-state index in [1.165, 1.54) is 6.07 Å². The third kappa shape index (κ3) is 3.98. The van der Waals surface area contributed by atoms with Gasteiger partial charge in [-0.25, -0.2) is 4.68 Å². The van der Waals surface area contributed by atoms with Crippen LogP contribution < -0.4 is 14.2 Å². The monoisotopic (exact) mass is 459 g/mol. The van der Waals surface area contributed by atoms with Crippen LogP contribution in [0.15, 0.2) is 54.6 Å². The molecular weight excluding hydrogens is 434 g/mol. The zero-order valence-corrected chi connectivity index (χ0v) is 19.0. The van der Waals surface area contributed by atoms with Crippen molar-refractivity contribution in [1.29, 1.82) is 0 Å². The van der Waals surface area contributed by atoms with Crippen LogP contribution in [0.5, 0.6) is 28.7 Å². The molecule has 1 aromatic heterocycles. The molecule has 8 heteroatoms. The number of rotatable bonds is 6. The van der Waals surface area contributed by atoms with Gasteiger partial charge in [-0.1, -0.05) is 24.3 Å². The van der Waals surface area contributed by atoms with E-state index in [0.29, 0.717) is 54.5 Å². The summed E-state index contributed by atoms with van der Waals surface area (Å²) < 4.78 is 18.5. The first-order chi connectivity index (χ1) is 16.6. The first-order valence-corrected chi connectivity index (χ1v) is 11.1. The van der Waals surface area contributed by atoms with Gasteiger partial charge in [0.15, 0.2) is 11.5 Å². The van der Waals surface area contributed by atoms with Crippen molar-refractivity contribution in [2.24, 2.45) is 0 Å². The smallest absolute Gasteiger partial charge is 0.162 e. The van der Waals surface area contributed by atoms with Crippen molar-refractivity contribution in [3.8, 4) is 51.3 Å². The molecule has 0 aliphatic carbocycles. The number of nitrogens with zero attached hydrogens (tertiary/aromatic N) is 3. The molecule has 0 saturated carbocycles. The van der Waals surface area contributed by atoms with Gasteiger partial charge in [0.2, 0.25) is 0 Å². The van der Waals surface area contributed by atoms with Crippen molar-refractivity contribution in [2.45, 2.75) is 19.9 Å². The Morgan fingerprint density at radius 1 is 0.941 bits per heavy atom. The van der Waals surface area contributed by atoms with Gasteiger partial charge >= 0.3 is 0 Å². The summed E-state index contributed by atoms with van der Waals surface area (Å²) in [4.78, 5) is 0. The Morgan fingerprint density at radius 2 is 1.71 bits per heavy atom. The van der Waals surface area contributed by atoms with Crippen molar-refractivity contribution >= 4 is 0 Å². The second-order valence-corrected chi connectivity index (χ2v) is 8.00. The van der Waals surface area contributed by atoms with Gasteiger partial charge in [0.25, 0.3) is 0 Å². The highest BCUT2D eigenvalue weighted by atomic mass is 16.6. The summed E-state index contributed by atoms with van der Waals surface area (Å²) in [6.45, 7) is 3.39. The minimum absolute atomic E-state index is 0.0512. The Bertz CT molecular complexity index is 1330. The number of aryl methyl sites for hydroxylation is 1. The molecule has 2 heterocycles. The molecule has 4 aromatic rings. The largest absolute Gasteiger partial charge is 0.508 e. The lowest BCUT2D eigenvalue weighted by molar-refractivity contribution is 0.171. The second-order valence-electron chi connectivity index (χ2n) is 8.00. The van der Waals surface area contributed by atoms with E-state index in [-0.39, 0.29) is 11.5 Å². The summed E-state index contributed by atoms with van der Waals surface area (Å²) in [6.07, 6.45) is 0.610. The summed E-state index contributed by atoms with van der Waals surface area (Å²) in [6, 6.07) is 16.6. The Morgan fingerprint density at radius 3 is 2.44 bits per heavy atom. The summed E-state index contributed by atoms with van der Waals surface area (Å²) in [7, 11) is 1.63. The number of ether oxygens (including phenoxy) is 3. The quantitative estimate of drug-likeness (QED) is 0.441. The minimum Gasteiger partial charge on any atom is -0.508 e. The molecule has 0 atom stereocenters. The molecule has 5 rings (SSSR count). The van der Waals surface area contributed by atoms with Crippen LogP contribution in [0.3, 0.4) is 0 Å². The van der Waals surface area contributed by atoms with Crippen LogP contribution in [0.2, 0.25) is 0 Å². The van der Waals surface area contributed by atoms with Crippen LogP contribution in [-0.4, -0.2) is 45.5 Å². The fraction of sp³-hybridized carbons (Fsp3) is 0.231. The summed E-state index contributed by atoms with van der Waals surface area (Å²) >= 11 is 0. The zero-order chi connectivity index (χ0) is 23.7. The molecule has 1 aliphatic rings. The fourth-order valence-corrected chi connectivity index (χ4v) is 4.08. The van der Waals surface area contributed by atoms with E-state index in [9.17, 15) is 10.2 Å². The molecule has 174 valence electrons. The van der Waals surface area contributed by atoms with E-state index in [4.69, 9.17) is 14.2 Å². The first kappa shape index (κ1) is 21.6. The highest BCUT2D eigenvalue weighted by Gasteiger charge is 2.23. The zero-order valence-electron chi connectivity index (χ0n) is 19.0. The standard InChI is InChI=1S/C26H25N3O5/c1-3-17-12-20(22(31)14-21(17)30)25-26(18-6-9-23-24(13-18)34-11-10-33-23)29(28-27-25)15-16-4-7-19(32-2)8-5-16/h4-9,12-14,30-31H,3,10-11,15H2,1-2H3. The summed E-state index contributed by atoms with van der Waals surface area (Å²) in [5.74, 6) is 2.10. The van der Waals surface area contributed by atoms with Gasteiger partial charge in [-0.2, -0.15) is 0 Å². The predicted octanol–water partition coefficient (Wildman–Crippen LogP) is 4.41. The van der Waals surface area contributed by atoms with Crippen molar-refractivity contribution in [3.63, 3.8) is 0 Å². The van der Waals surface area contributed by atoms with Crippen LogP contribution in [0.4, 0.5) is 0 Å². The fourth-order valence-electron chi connectivity index (χ4n) is 4.08. The molecular formula is C26H25N3O5. The maximum absolute atomic E-state index is 10.7. The minimum atomic E-state index is -0.0648. The molecule has 0 fully saturated rings. The Hall–Kier alpha value is -4.20. The molecule has 8 nitrogen and oxygen atoms in total. The van der Waals surface area contributed by atoms with E-state index in [1.54, 1.807) is 17.9 Å². The van der Waals surface area contributed by atoms with E-state index >= 15 is 0 Å². The highest BCUT2D eigenvalue weighted by Crippen LogP contribution is 2.41. The van der Waals surface area contributed by atoms with Crippen molar-refractivity contribution in [2.75, 3.05) is 20.3 Å². The molecule has 0 amide bonds. The summed E-state index contributed by atoms with van der Waals surface area (Å²) in [5, 5.41) is 29.7. The normalized spacial score (nSPS) is 12.5. The molecule has 0 bridgehead atoms. The van der Waals surface area contributed by atoms with Crippen molar-refractivity contribution < 1.29 is 24.4 Å². The van der Waals surface area contributed by atoms with Crippen LogP contribution in [0.25, 0.3) is 22.5 Å². The molecule has 0 radical (unpaired) electrons. The SMILES string of the molecule is CCc1cc(-c2nnn(Cc3ccc(OC)cc3)c2-c2ccc3c(c2)OCCO3)c(O)cc1O. The van der Waals surface area contributed by atoms with Gasteiger partial charge < -0.3 is 24.4 Å². The number of methoxy groups -OCH3 is 1. The first-order valence-electron chi connectivity index (χ1n) is 11.1. The van der Waals surface area contributed by atoms with Gasteiger partial charge in [0, 0.05) is 17.2 Å². The predicted molar refractivity (Wildman–Crippen MR) is 127 cm³/mol. The van der Waals surface area contributed by atoms with E-state index in [2.05, 4.69) is 10.3 Å². The van der Waals surface area contributed by atoms with Gasteiger partial charge in [0.1, 0.15) is 36.2 Å². The lowest BCUT2D eigenvalue weighted by Gasteiger charge is -2.19. The Balaban J connectivity index is 1.65.